The molecule has 1 spiro atoms. The van der Waals surface area contributed by atoms with Crippen LogP contribution in [0.2, 0.25) is 0 Å². The molecule has 3 rings (SSSR count). The molecule has 0 atom stereocenters. The van der Waals surface area contributed by atoms with Crippen molar-refractivity contribution < 1.29 is 0 Å². The van der Waals surface area contributed by atoms with E-state index in [1.54, 1.807) is 12.4 Å². The number of nitrogens with zero attached hydrogens (tertiary/aromatic N) is 3. The Labute approximate surface area is 77.8 Å². The van der Waals surface area contributed by atoms with Crippen molar-refractivity contribution in [2.75, 3.05) is 18.0 Å². The maximum absolute atomic E-state index is 4.29. The quantitative estimate of drug-likeness (QED) is 0.647. The summed E-state index contributed by atoms with van der Waals surface area (Å²) in [5.41, 5.74) is 0.678. The zero-order chi connectivity index (χ0) is 8.73. The minimum atomic E-state index is 0.678. The van der Waals surface area contributed by atoms with Crippen molar-refractivity contribution in [1.82, 2.24) is 9.97 Å². The van der Waals surface area contributed by atoms with E-state index in [0.29, 0.717) is 5.41 Å². The summed E-state index contributed by atoms with van der Waals surface area (Å²) >= 11 is 0. The van der Waals surface area contributed by atoms with Crippen LogP contribution in [-0.2, 0) is 0 Å². The van der Waals surface area contributed by atoms with E-state index in [0.717, 1.165) is 5.82 Å². The summed E-state index contributed by atoms with van der Waals surface area (Å²) in [6, 6.07) is 0. The van der Waals surface area contributed by atoms with Crippen molar-refractivity contribution in [3.8, 4) is 0 Å². The molecule has 0 unspecified atom stereocenters. The van der Waals surface area contributed by atoms with Crippen molar-refractivity contribution >= 4 is 5.82 Å². The molecular formula is C10H13N3. The molecule has 0 aromatic carbocycles. The van der Waals surface area contributed by atoms with Gasteiger partial charge in [-0.05, 0) is 12.8 Å². The molecule has 1 aromatic rings. The van der Waals surface area contributed by atoms with Crippen molar-refractivity contribution in [2.45, 2.75) is 19.3 Å². The monoisotopic (exact) mass is 175 g/mol. The fraction of sp³-hybridized carbons (Fsp3) is 0.600. The lowest BCUT2D eigenvalue weighted by molar-refractivity contribution is 0.0896. The van der Waals surface area contributed by atoms with Gasteiger partial charge in [-0.25, -0.2) is 4.98 Å². The molecule has 1 saturated carbocycles. The number of hydrogen-bond donors (Lipinski definition) is 0. The SMILES string of the molecule is c1cnc(N2CC3(CCC3)C2)cn1. The number of aromatic nitrogens is 2. The number of rotatable bonds is 1. The average Bonchev–Trinajstić information content (AvgIpc) is 2.01. The molecule has 0 bridgehead atoms. The zero-order valence-electron chi connectivity index (χ0n) is 7.61. The summed E-state index contributed by atoms with van der Waals surface area (Å²) in [4.78, 5) is 10.7. The normalized spacial score (nSPS) is 23.8. The topological polar surface area (TPSA) is 29.0 Å². The Morgan fingerprint density at radius 2 is 2.08 bits per heavy atom. The predicted octanol–water partition coefficient (Wildman–Crippen LogP) is 1.47. The zero-order valence-corrected chi connectivity index (χ0v) is 7.61. The molecular weight excluding hydrogens is 162 g/mol. The van der Waals surface area contributed by atoms with E-state index in [4.69, 9.17) is 0 Å². The maximum atomic E-state index is 4.29. The van der Waals surface area contributed by atoms with E-state index in [1.807, 2.05) is 6.20 Å². The van der Waals surface area contributed by atoms with E-state index in [-0.39, 0.29) is 0 Å². The summed E-state index contributed by atoms with van der Waals surface area (Å²) < 4.78 is 0. The van der Waals surface area contributed by atoms with Crippen molar-refractivity contribution in [1.29, 1.82) is 0 Å². The molecule has 13 heavy (non-hydrogen) atoms. The van der Waals surface area contributed by atoms with Crippen LogP contribution in [0.3, 0.4) is 0 Å². The highest BCUT2D eigenvalue weighted by Gasteiger charge is 2.47. The van der Waals surface area contributed by atoms with Gasteiger partial charge in [-0.1, -0.05) is 6.42 Å². The lowest BCUT2D eigenvalue weighted by atomic mass is 9.63. The highest BCUT2D eigenvalue weighted by Crippen LogP contribution is 2.48. The van der Waals surface area contributed by atoms with Crippen LogP contribution in [0, 0.1) is 5.41 Å². The second kappa shape index (κ2) is 2.44. The summed E-state index contributed by atoms with van der Waals surface area (Å²) in [5, 5.41) is 0. The molecule has 1 aliphatic carbocycles. The van der Waals surface area contributed by atoms with Gasteiger partial charge in [0, 0.05) is 30.9 Å². The maximum Gasteiger partial charge on any atom is 0.147 e. The molecule has 3 heteroatoms. The van der Waals surface area contributed by atoms with Crippen LogP contribution >= 0.6 is 0 Å². The Morgan fingerprint density at radius 1 is 1.23 bits per heavy atom. The molecule has 0 amide bonds. The molecule has 2 heterocycles. The second-order valence-corrected chi connectivity index (χ2v) is 4.27. The molecule has 2 aliphatic rings. The van der Waals surface area contributed by atoms with Crippen LogP contribution in [0.4, 0.5) is 5.82 Å². The predicted molar refractivity (Wildman–Crippen MR) is 50.5 cm³/mol. The van der Waals surface area contributed by atoms with Gasteiger partial charge in [-0.2, -0.15) is 0 Å². The average molecular weight is 175 g/mol. The molecule has 0 radical (unpaired) electrons. The summed E-state index contributed by atoms with van der Waals surface area (Å²) in [7, 11) is 0. The highest BCUT2D eigenvalue weighted by atomic mass is 15.3. The summed E-state index contributed by atoms with van der Waals surface area (Å²) in [6.45, 7) is 2.40. The van der Waals surface area contributed by atoms with Gasteiger partial charge in [0.2, 0.25) is 0 Å². The van der Waals surface area contributed by atoms with Crippen LogP contribution < -0.4 is 4.90 Å². The molecule has 3 nitrogen and oxygen atoms in total. The third-order valence-corrected chi connectivity index (χ3v) is 3.34. The minimum absolute atomic E-state index is 0.678. The molecule has 68 valence electrons. The van der Waals surface area contributed by atoms with Gasteiger partial charge < -0.3 is 4.90 Å². The Balaban J connectivity index is 1.71. The van der Waals surface area contributed by atoms with Crippen LogP contribution in [-0.4, -0.2) is 23.1 Å². The fourth-order valence-corrected chi connectivity index (χ4v) is 2.37. The van der Waals surface area contributed by atoms with Crippen LogP contribution in [0.1, 0.15) is 19.3 Å². The molecule has 1 aromatic heterocycles. The van der Waals surface area contributed by atoms with Crippen molar-refractivity contribution in [3.05, 3.63) is 18.6 Å². The van der Waals surface area contributed by atoms with Crippen molar-refractivity contribution in [3.63, 3.8) is 0 Å². The van der Waals surface area contributed by atoms with E-state index in [1.165, 1.54) is 32.4 Å². The first-order valence-corrected chi connectivity index (χ1v) is 4.89. The highest BCUT2D eigenvalue weighted by molar-refractivity contribution is 5.41. The first kappa shape index (κ1) is 7.30. The smallest absolute Gasteiger partial charge is 0.147 e. The molecule has 1 saturated heterocycles. The van der Waals surface area contributed by atoms with Gasteiger partial charge in [0.05, 0.1) is 6.20 Å². The molecule has 0 N–H and O–H groups in total. The second-order valence-electron chi connectivity index (χ2n) is 4.27. The van der Waals surface area contributed by atoms with Gasteiger partial charge in [0.25, 0.3) is 0 Å². The minimum Gasteiger partial charge on any atom is -0.354 e. The van der Waals surface area contributed by atoms with E-state index < -0.39 is 0 Å². The third kappa shape index (κ3) is 1.03. The van der Waals surface area contributed by atoms with Gasteiger partial charge >= 0.3 is 0 Å². The standard InChI is InChI=1S/C10H13N3/c1-2-10(3-1)7-13(8-10)9-6-11-4-5-12-9/h4-6H,1-3,7-8H2. The first-order valence-electron chi connectivity index (χ1n) is 4.89. The third-order valence-electron chi connectivity index (χ3n) is 3.34. The van der Waals surface area contributed by atoms with Crippen LogP contribution in [0.5, 0.6) is 0 Å². The Bertz CT molecular complexity index is 297. The van der Waals surface area contributed by atoms with E-state index in [9.17, 15) is 0 Å². The lowest BCUT2D eigenvalue weighted by Crippen LogP contribution is -2.60. The lowest BCUT2D eigenvalue weighted by Gasteiger charge is -2.56. The molecule has 1 aliphatic heterocycles. The van der Waals surface area contributed by atoms with Gasteiger partial charge in [0.15, 0.2) is 0 Å². The van der Waals surface area contributed by atoms with Gasteiger partial charge in [0.1, 0.15) is 5.82 Å². The van der Waals surface area contributed by atoms with E-state index >= 15 is 0 Å². The Morgan fingerprint density at radius 3 is 2.62 bits per heavy atom. The van der Waals surface area contributed by atoms with Gasteiger partial charge in [-0.3, -0.25) is 4.98 Å². The summed E-state index contributed by atoms with van der Waals surface area (Å²) in [6.07, 6.45) is 9.61. The number of hydrogen-bond acceptors (Lipinski definition) is 3. The van der Waals surface area contributed by atoms with Crippen LogP contribution in [0.25, 0.3) is 0 Å². The number of anilines is 1. The van der Waals surface area contributed by atoms with Crippen LogP contribution in [0.15, 0.2) is 18.6 Å². The van der Waals surface area contributed by atoms with Crippen molar-refractivity contribution in [2.24, 2.45) is 5.41 Å². The first-order chi connectivity index (χ1) is 6.38. The largest absolute Gasteiger partial charge is 0.354 e. The van der Waals surface area contributed by atoms with Gasteiger partial charge in [-0.15, -0.1) is 0 Å². The van der Waals surface area contributed by atoms with E-state index in [2.05, 4.69) is 14.9 Å². The Kier molecular flexibility index (Phi) is 1.37. The summed E-state index contributed by atoms with van der Waals surface area (Å²) in [5.74, 6) is 1.04. The fourth-order valence-electron chi connectivity index (χ4n) is 2.37. The molecule has 2 fully saturated rings. The Hall–Kier alpha value is -1.12.